The summed E-state index contributed by atoms with van der Waals surface area (Å²) in [6.07, 6.45) is 8.32. The van der Waals surface area contributed by atoms with E-state index in [4.69, 9.17) is 0 Å². The molecular weight excluding hydrogens is 354 g/mol. The quantitative estimate of drug-likeness (QED) is 0.663. The molecule has 0 spiro atoms. The number of hydrogen-bond donors (Lipinski definition) is 0. The van der Waals surface area contributed by atoms with Gasteiger partial charge in [-0.05, 0) is 48.9 Å². The van der Waals surface area contributed by atoms with E-state index in [1.54, 1.807) is 17.5 Å². The highest BCUT2D eigenvalue weighted by Gasteiger charge is 2.40. The molecule has 0 unspecified atom stereocenters. The fraction of sp³-hybridized carbons (Fsp3) is 0.318. The molecule has 0 bridgehead atoms. The summed E-state index contributed by atoms with van der Waals surface area (Å²) >= 11 is 1.58. The van der Waals surface area contributed by atoms with E-state index in [0.29, 0.717) is 12.5 Å². The summed E-state index contributed by atoms with van der Waals surface area (Å²) in [5.74, 6) is 0.210. The lowest BCUT2D eigenvalue weighted by atomic mass is 10.1. The molecule has 1 fully saturated rings. The molecule has 2 aromatic heterocycles. The minimum atomic E-state index is 0.210. The topological polar surface area (TPSA) is 46.1 Å². The molecular formula is C22H21N3OS. The predicted octanol–water partition coefficient (Wildman–Crippen LogP) is 4.43. The Morgan fingerprint density at radius 3 is 2.85 bits per heavy atom. The van der Waals surface area contributed by atoms with Crippen molar-refractivity contribution in [2.45, 2.75) is 44.2 Å². The number of fused-ring (bicyclic) bond motifs is 1. The van der Waals surface area contributed by atoms with Crippen molar-refractivity contribution in [2.75, 3.05) is 0 Å². The monoisotopic (exact) mass is 375 g/mol. The summed E-state index contributed by atoms with van der Waals surface area (Å²) in [6.45, 7) is 0. The first kappa shape index (κ1) is 16.6. The standard InChI is InChI=1S/C22H21N3OS/c26-21(12-17-14-27-22(24-17)16-5-3-11-23-13-16)25(18-8-9-18)20-10-7-15-4-1-2-6-19(15)20/h1-6,11,13-14,18,20H,7-10,12H2/t20-/m0/s1. The third kappa shape index (κ3) is 3.28. The molecule has 136 valence electrons. The summed E-state index contributed by atoms with van der Waals surface area (Å²) in [5, 5.41) is 2.93. The molecule has 0 saturated heterocycles. The van der Waals surface area contributed by atoms with Crippen LogP contribution in [0.25, 0.3) is 10.6 Å². The van der Waals surface area contributed by atoms with Crippen LogP contribution < -0.4 is 0 Å². The van der Waals surface area contributed by atoms with E-state index in [-0.39, 0.29) is 11.9 Å². The van der Waals surface area contributed by atoms with E-state index in [1.807, 2.05) is 23.7 Å². The molecule has 2 aliphatic rings. The number of pyridine rings is 1. The molecule has 0 radical (unpaired) electrons. The lowest BCUT2D eigenvalue weighted by molar-refractivity contribution is -0.133. The maximum Gasteiger partial charge on any atom is 0.229 e. The van der Waals surface area contributed by atoms with Gasteiger partial charge in [-0.15, -0.1) is 11.3 Å². The van der Waals surface area contributed by atoms with Crippen molar-refractivity contribution in [2.24, 2.45) is 0 Å². The Balaban J connectivity index is 1.36. The van der Waals surface area contributed by atoms with Gasteiger partial charge < -0.3 is 4.90 Å². The molecule has 5 heteroatoms. The van der Waals surface area contributed by atoms with Crippen LogP contribution in [0, 0.1) is 0 Å². The van der Waals surface area contributed by atoms with Gasteiger partial charge in [0.1, 0.15) is 5.01 Å². The van der Waals surface area contributed by atoms with Crippen molar-refractivity contribution in [3.8, 4) is 10.6 Å². The molecule has 1 atom stereocenters. The zero-order chi connectivity index (χ0) is 18.2. The Morgan fingerprint density at radius 1 is 1.15 bits per heavy atom. The van der Waals surface area contributed by atoms with Gasteiger partial charge in [-0.1, -0.05) is 24.3 Å². The number of rotatable bonds is 5. The maximum atomic E-state index is 13.2. The summed E-state index contributed by atoms with van der Waals surface area (Å²) in [7, 11) is 0. The second-order valence-corrected chi connectivity index (χ2v) is 8.21. The Morgan fingerprint density at radius 2 is 2.04 bits per heavy atom. The largest absolute Gasteiger partial charge is 0.332 e. The predicted molar refractivity (Wildman–Crippen MR) is 106 cm³/mol. The third-order valence-electron chi connectivity index (χ3n) is 5.46. The number of carbonyl (C=O) groups is 1. The average molecular weight is 375 g/mol. The van der Waals surface area contributed by atoms with Gasteiger partial charge in [-0.25, -0.2) is 4.98 Å². The second kappa shape index (κ2) is 6.89. The zero-order valence-electron chi connectivity index (χ0n) is 15.0. The van der Waals surface area contributed by atoms with E-state index >= 15 is 0 Å². The molecule has 0 N–H and O–H groups in total. The van der Waals surface area contributed by atoms with Crippen LogP contribution in [0.4, 0.5) is 0 Å². The molecule has 0 aliphatic heterocycles. The number of carbonyl (C=O) groups excluding carboxylic acids is 1. The van der Waals surface area contributed by atoms with Crippen LogP contribution in [0.5, 0.6) is 0 Å². The van der Waals surface area contributed by atoms with Gasteiger partial charge in [-0.3, -0.25) is 9.78 Å². The minimum absolute atomic E-state index is 0.210. The number of amides is 1. The molecule has 2 aliphatic carbocycles. The van der Waals surface area contributed by atoms with Crippen LogP contribution in [0.1, 0.15) is 42.1 Å². The van der Waals surface area contributed by atoms with Crippen molar-refractivity contribution in [3.63, 3.8) is 0 Å². The maximum absolute atomic E-state index is 13.2. The van der Waals surface area contributed by atoms with E-state index in [2.05, 4.69) is 39.1 Å². The molecule has 5 rings (SSSR count). The zero-order valence-corrected chi connectivity index (χ0v) is 15.9. The van der Waals surface area contributed by atoms with E-state index < -0.39 is 0 Å². The number of thiazole rings is 1. The van der Waals surface area contributed by atoms with Gasteiger partial charge in [0, 0.05) is 29.4 Å². The summed E-state index contributed by atoms with van der Waals surface area (Å²) in [5.41, 5.74) is 4.60. The highest BCUT2D eigenvalue weighted by Crippen LogP contribution is 2.42. The fourth-order valence-electron chi connectivity index (χ4n) is 4.06. The van der Waals surface area contributed by atoms with Crippen LogP contribution in [0.2, 0.25) is 0 Å². The summed E-state index contributed by atoms with van der Waals surface area (Å²) in [6, 6.07) is 13.1. The Kier molecular flexibility index (Phi) is 4.24. The average Bonchev–Trinajstić information content (AvgIpc) is 3.27. The van der Waals surface area contributed by atoms with Gasteiger partial charge in [0.05, 0.1) is 18.2 Å². The second-order valence-electron chi connectivity index (χ2n) is 7.35. The van der Waals surface area contributed by atoms with Gasteiger partial charge >= 0.3 is 0 Å². The van der Waals surface area contributed by atoms with Crippen molar-refractivity contribution in [1.29, 1.82) is 0 Å². The van der Waals surface area contributed by atoms with Crippen LogP contribution in [-0.4, -0.2) is 26.8 Å². The van der Waals surface area contributed by atoms with Crippen LogP contribution in [-0.2, 0) is 17.6 Å². The van der Waals surface area contributed by atoms with Gasteiger partial charge in [-0.2, -0.15) is 0 Å². The first-order valence-corrected chi connectivity index (χ1v) is 10.4. The molecule has 3 aromatic rings. The first-order chi connectivity index (χ1) is 13.3. The molecule has 1 saturated carbocycles. The lowest BCUT2D eigenvalue weighted by Crippen LogP contribution is -2.37. The number of aryl methyl sites for hydroxylation is 1. The molecule has 2 heterocycles. The van der Waals surface area contributed by atoms with Crippen molar-refractivity contribution < 1.29 is 4.79 Å². The number of benzene rings is 1. The Labute approximate surface area is 162 Å². The molecule has 1 aromatic carbocycles. The molecule has 1 amide bonds. The van der Waals surface area contributed by atoms with E-state index in [0.717, 1.165) is 41.9 Å². The lowest BCUT2D eigenvalue weighted by Gasteiger charge is -2.30. The Hall–Kier alpha value is -2.53. The number of nitrogens with zero attached hydrogens (tertiary/aromatic N) is 3. The van der Waals surface area contributed by atoms with E-state index in [1.165, 1.54) is 11.1 Å². The molecule has 27 heavy (non-hydrogen) atoms. The highest BCUT2D eigenvalue weighted by atomic mass is 32.1. The first-order valence-electron chi connectivity index (χ1n) is 9.53. The van der Waals surface area contributed by atoms with E-state index in [9.17, 15) is 4.79 Å². The Bertz CT molecular complexity index is 964. The summed E-state index contributed by atoms with van der Waals surface area (Å²) in [4.78, 5) is 24.2. The van der Waals surface area contributed by atoms with Gasteiger partial charge in [0.25, 0.3) is 0 Å². The van der Waals surface area contributed by atoms with Gasteiger partial charge in [0.15, 0.2) is 0 Å². The van der Waals surface area contributed by atoms with Crippen LogP contribution >= 0.6 is 11.3 Å². The normalized spacial score (nSPS) is 18.3. The highest BCUT2D eigenvalue weighted by molar-refractivity contribution is 7.13. The van der Waals surface area contributed by atoms with Crippen LogP contribution in [0.3, 0.4) is 0 Å². The van der Waals surface area contributed by atoms with Crippen molar-refractivity contribution >= 4 is 17.2 Å². The number of aromatic nitrogens is 2. The third-order valence-corrected chi connectivity index (χ3v) is 6.40. The van der Waals surface area contributed by atoms with Crippen molar-refractivity contribution in [1.82, 2.24) is 14.9 Å². The minimum Gasteiger partial charge on any atom is -0.332 e. The summed E-state index contributed by atoms with van der Waals surface area (Å²) < 4.78 is 0. The number of hydrogen-bond acceptors (Lipinski definition) is 4. The van der Waals surface area contributed by atoms with Crippen molar-refractivity contribution in [3.05, 3.63) is 71.0 Å². The smallest absolute Gasteiger partial charge is 0.229 e. The molecule has 4 nitrogen and oxygen atoms in total. The van der Waals surface area contributed by atoms with Gasteiger partial charge in [0.2, 0.25) is 5.91 Å². The SMILES string of the molecule is O=C(Cc1csc(-c2cccnc2)n1)N(C1CC1)[C@H]1CCc2ccccc21. The fourth-order valence-corrected chi connectivity index (χ4v) is 4.87. The van der Waals surface area contributed by atoms with Crippen LogP contribution in [0.15, 0.2) is 54.2 Å².